The number of anilines is 1. The standard InChI is InChI=1S/C22H24N2O4/c25-21(19-13-16-9-4-5-10-17(16)22(26)28-19)24-20-18(11-6-12-23-20)27-14-15-7-2-1-3-8-15/h4-6,9-12,15,19H,1-3,7-8,13-14H2,(H,23,24,25)/t19-/m1/s1. The number of hydrogen-bond acceptors (Lipinski definition) is 5. The van der Waals surface area contributed by atoms with Crippen LogP contribution in [0.2, 0.25) is 0 Å². The highest BCUT2D eigenvalue weighted by atomic mass is 16.5. The fraction of sp³-hybridized carbons (Fsp3) is 0.409. The van der Waals surface area contributed by atoms with E-state index in [1.54, 1.807) is 30.5 Å². The van der Waals surface area contributed by atoms with Crippen LogP contribution in [0.3, 0.4) is 0 Å². The Morgan fingerprint density at radius 2 is 1.96 bits per heavy atom. The van der Waals surface area contributed by atoms with Crippen LogP contribution < -0.4 is 10.1 Å². The molecule has 4 rings (SSSR count). The summed E-state index contributed by atoms with van der Waals surface area (Å²) in [5.41, 5.74) is 1.33. The van der Waals surface area contributed by atoms with Gasteiger partial charge >= 0.3 is 5.97 Å². The lowest BCUT2D eigenvalue weighted by Crippen LogP contribution is -2.38. The van der Waals surface area contributed by atoms with E-state index >= 15 is 0 Å². The van der Waals surface area contributed by atoms with Gasteiger partial charge in [0.15, 0.2) is 17.7 Å². The van der Waals surface area contributed by atoms with Crippen molar-refractivity contribution < 1.29 is 19.1 Å². The van der Waals surface area contributed by atoms with Crippen LogP contribution in [0, 0.1) is 5.92 Å². The Balaban J connectivity index is 1.41. The van der Waals surface area contributed by atoms with Crippen LogP contribution in [0.4, 0.5) is 5.82 Å². The minimum Gasteiger partial charge on any atom is -0.489 e. The van der Waals surface area contributed by atoms with Crippen molar-refractivity contribution in [2.45, 2.75) is 44.6 Å². The third-order valence-electron chi connectivity index (χ3n) is 5.40. The lowest BCUT2D eigenvalue weighted by molar-refractivity contribution is -0.125. The zero-order valence-electron chi connectivity index (χ0n) is 15.7. The van der Waals surface area contributed by atoms with Crippen molar-refractivity contribution in [1.29, 1.82) is 0 Å². The Morgan fingerprint density at radius 3 is 2.82 bits per heavy atom. The van der Waals surface area contributed by atoms with Crippen LogP contribution in [0.25, 0.3) is 0 Å². The normalized spacial score (nSPS) is 19.4. The van der Waals surface area contributed by atoms with Gasteiger partial charge in [0.2, 0.25) is 0 Å². The summed E-state index contributed by atoms with van der Waals surface area (Å²) in [6.45, 7) is 0.625. The monoisotopic (exact) mass is 380 g/mol. The molecule has 2 aromatic rings. The molecule has 1 amide bonds. The summed E-state index contributed by atoms with van der Waals surface area (Å²) in [7, 11) is 0. The number of ether oxygens (including phenoxy) is 2. The summed E-state index contributed by atoms with van der Waals surface area (Å²) in [6, 6.07) is 10.8. The minimum absolute atomic E-state index is 0.346. The number of rotatable bonds is 5. The van der Waals surface area contributed by atoms with Gasteiger partial charge in [-0.1, -0.05) is 37.5 Å². The Kier molecular flexibility index (Phi) is 5.55. The molecule has 1 fully saturated rings. The fourth-order valence-electron chi connectivity index (χ4n) is 3.84. The van der Waals surface area contributed by atoms with Gasteiger partial charge in [0.1, 0.15) is 0 Å². The molecule has 6 nitrogen and oxygen atoms in total. The SMILES string of the molecule is O=C1O[C@@H](C(=O)Nc2ncccc2OCC2CCCCC2)Cc2ccccc21. The van der Waals surface area contributed by atoms with Crippen molar-refractivity contribution in [2.75, 3.05) is 11.9 Å². The fourth-order valence-corrected chi connectivity index (χ4v) is 3.84. The first-order chi connectivity index (χ1) is 13.7. The number of cyclic esters (lactones) is 1. The number of aromatic nitrogens is 1. The molecule has 0 radical (unpaired) electrons. The summed E-state index contributed by atoms with van der Waals surface area (Å²) < 4.78 is 11.3. The van der Waals surface area contributed by atoms with E-state index in [-0.39, 0.29) is 0 Å². The highest BCUT2D eigenvalue weighted by Crippen LogP contribution is 2.28. The summed E-state index contributed by atoms with van der Waals surface area (Å²) in [4.78, 5) is 29.1. The quantitative estimate of drug-likeness (QED) is 0.799. The molecule has 6 heteroatoms. The van der Waals surface area contributed by atoms with Crippen molar-refractivity contribution in [1.82, 2.24) is 4.98 Å². The van der Waals surface area contributed by atoms with Gasteiger partial charge in [0.05, 0.1) is 12.2 Å². The molecule has 0 spiro atoms. The number of amides is 1. The number of pyridine rings is 1. The number of benzene rings is 1. The van der Waals surface area contributed by atoms with Crippen LogP contribution in [0.5, 0.6) is 5.75 Å². The van der Waals surface area contributed by atoms with Crippen molar-refractivity contribution in [2.24, 2.45) is 5.92 Å². The van der Waals surface area contributed by atoms with Gasteiger partial charge in [-0.05, 0) is 42.5 Å². The van der Waals surface area contributed by atoms with Crippen molar-refractivity contribution in [3.05, 3.63) is 53.7 Å². The van der Waals surface area contributed by atoms with E-state index in [2.05, 4.69) is 10.3 Å². The van der Waals surface area contributed by atoms with Crippen LogP contribution in [-0.2, 0) is 16.0 Å². The molecule has 1 N–H and O–H groups in total. The maximum absolute atomic E-state index is 12.7. The van der Waals surface area contributed by atoms with Gasteiger partial charge in [-0.3, -0.25) is 4.79 Å². The second-order valence-electron chi connectivity index (χ2n) is 7.41. The Labute approximate surface area is 164 Å². The molecule has 2 aliphatic rings. The van der Waals surface area contributed by atoms with Crippen LogP contribution in [0.1, 0.15) is 48.0 Å². The molecule has 1 saturated carbocycles. The maximum atomic E-state index is 12.7. The predicted octanol–water partition coefficient (Wildman–Crippen LogP) is 3.76. The van der Waals surface area contributed by atoms with Gasteiger partial charge in [0, 0.05) is 12.6 Å². The van der Waals surface area contributed by atoms with E-state index < -0.39 is 18.0 Å². The highest BCUT2D eigenvalue weighted by Gasteiger charge is 2.31. The number of nitrogens with zero attached hydrogens (tertiary/aromatic N) is 1. The van der Waals surface area contributed by atoms with Gasteiger partial charge in [0.25, 0.3) is 5.91 Å². The Morgan fingerprint density at radius 1 is 1.14 bits per heavy atom. The third-order valence-corrected chi connectivity index (χ3v) is 5.40. The van der Waals surface area contributed by atoms with E-state index in [9.17, 15) is 9.59 Å². The number of carbonyl (C=O) groups is 2. The van der Waals surface area contributed by atoms with Crippen LogP contribution >= 0.6 is 0 Å². The van der Waals surface area contributed by atoms with Crippen LogP contribution in [0.15, 0.2) is 42.6 Å². The van der Waals surface area contributed by atoms with Gasteiger partial charge in [-0.15, -0.1) is 0 Å². The van der Waals surface area contributed by atoms with Gasteiger partial charge < -0.3 is 14.8 Å². The lowest BCUT2D eigenvalue weighted by Gasteiger charge is -2.24. The minimum atomic E-state index is -0.879. The molecule has 1 aliphatic carbocycles. The molecule has 1 aromatic heterocycles. The molecular formula is C22H24N2O4. The van der Waals surface area contributed by atoms with Crippen molar-refractivity contribution in [3.8, 4) is 5.75 Å². The average molecular weight is 380 g/mol. The van der Waals surface area contributed by atoms with E-state index in [1.807, 2.05) is 12.1 Å². The molecule has 146 valence electrons. The summed E-state index contributed by atoms with van der Waals surface area (Å²) >= 11 is 0. The van der Waals surface area contributed by atoms with E-state index in [0.717, 1.165) is 5.56 Å². The summed E-state index contributed by atoms with van der Waals surface area (Å²) in [6.07, 6.45) is 7.23. The van der Waals surface area contributed by atoms with E-state index in [0.29, 0.717) is 36.1 Å². The second-order valence-corrected chi connectivity index (χ2v) is 7.41. The molecule has 28 heavy (non-hydrogen) atoms. The maximum Gasteiger partial charge on any atom is 0.339 e. The zero-order valence-corrected chi connectivity index (χ0v) is 15.7. The number of hydrogen-bond donors (Lipinski definition) is 1. The first-order valence-corrected chi connectivity index (χ1v) is 9.88. The highest BCUT2D eigenvalue weighted by molar-refractivity contribution is 6.00. The zero-order chi connectivity index (χ0) is 19.3. The van der Waals surface area contributed by atoms with Gasteiger partial charge in [-0.2, -0.15) is 0 Å². The number of esters is 1. The molecule has 0 saturated heterocycles. The molecule has 1 aliphatic heterocycles. The molecule has 1 atom stereocenters. The molecular weight excluding hydrogens is 356 g/mol. The van der Waals surface area contributed by atoms with Crippen molar-refractivity contribution >= 4 is 17.7 Å². The molecule has 0 bridgehead atoms. The van der Waals surface area contributed by atoms with E-state index in [4.69, 9.17) is 9.47 Å². The summed E-state index contributed by atoms with van der Waals surface area (Å²) in [5, 5.41) is 2.77. The lowest BCUT2D eigenvalue weighted by atomic mass is 9.90. The average Bonchev–Trinajstić information content (AvgIpc) is 2.74. The summed E-state index contributed by atoms with van der Waals surface area (Å²) in [5.74, 6) is 0.580. The molecule has 0 unspecified atom stereocenters. The second kappa shape index (κ2) is 8.42. The van der Waals surface area contributed by atoms with Gasteiger partial charge in [-0.25, -0.2) is 9.78 Å². The first kappa shape index (κ1) is 18.5. The smallest absolute Gasteiger partial charge is 0.339 e. The van der Waals surface area contributed by atoms with Crippen molar-refractivity contribution in [3.63, 3.8) is 0 Å². The number of carbonyl (C=O) groups excluding carboxylic acids is 2. The molecule has 2 heterocycles. The topological polar surface area (TPSA) is 77.5 Å². The third kappa shape index (κ3) is 4.16. The predicted molar refractivity (Wildman–Crippen MR) is 104 cm³/mol. The Bertz CT molecular complexity index is 861. The Hall–Kier alpha value is -2.89. The number of fused-ring (bicyclic) bond motifs is 1. The van der Waals surface area contributed by atoms with E-state index in [1.165, 1.54) is 32.1 Å². The largest absolute Gasteiger partial charge is 0.489 e. The molecule has 1 aromatic carbocycles. The van der Waals surface area contributed by atoms with Crippen LogP contribution in [-0.4, -0.2) is 29.6 Å². The first-order valence-electron chi connectivity index (χ1n) is 9.88. The number of nitrogens with one attached hydrogen (secondary N) is 1.